The summed E-state index contributed by atoms with van der Waals surface area (Å²) in [7, 11) is 0. The van der Waals surface area contributed by atoms with Crippen molar-refractivity contribution in [3.63, 3.8) is 0 Å². The number of anilines is 1. The molecule has 0 amide bonds. The highest BCUT2D eigenvalue weighted by atomic mass is 19.1. The number of piperidine rings is 1. The zero-order chi connectivity index (χ0) is 29.7. The van der Waals surface area contributed by atoms with Crippen molar-refractivity contribution in [2.24, 2.45) is 0 Å². The van der Waals surface area contributed by atoms with Crippen LogP contribution >= 0.6 is 0 Å². The van der Waals surface area contributed by atoms with Crippen LogP contribution in [0.15, 0.2) is 24.3 Å². The van der Waals surface area contributed by atoms with E-state index in [9.17, 15) is 14.6 Å². The number of phenolic OH excluding ortho intramolecular Hbond substituents is 1. The van der Waals surface area contributed by atoms with Crippen LogP contribution in [0, 0.1) is 18.2 Å². The number of aromatic nitrogens is 4. The molecule has 11 heteroatoms. The van der Waals surface area contributed by atoms with Gasteiger partial charge in [0, 0.05) is 36.6 Å². The molecule has 2 atom stereocenters. The Morgan fingerprint density at radius 2 is 2.02 bits per heavy atom. The van der Waals surface area contributed by atoms with Crippen molar-refractivity contribution < 1.29 is 24.1 Å². The average molecular weight is 587 g/mol. The lowest BCUT2D eigenvalue weighted by Crippen LogP contribution is -2.46. The van der Waals surface area contributed by atoms with E-state index in [4.69, 9.17) is 30.8 Å². The van der Waals surface area contributed by atoms with E-state index in [1.807, 2.05) is 11.5 Å². The van der Waals surface area contributed by atoms with Crippen LogP contribution in [-0.4, -0.2) is 67.6 Å². The van der Waals surface area contributed by atoms with Crippen LogP contribution in [-0.2, 0) is 0 Å². The minimum atomic E-state index is -0.874. The molecule has 0 unspecified atom stereocenters. The Kier molecular flexibility index (Phi) is 6.98. The molecule has 7 rings (SSSR count). The van der Waals surface area contributed by atoms with Crippen molar-refractivity contribution in [3.8, 4) is 35.9 Å². The first kappa shape index (κ1) is 27.7. The molecule has 2 aliphatic heterocycles. The van der Waals surface area contributed by atoms with Crippen LogP contribution in [0.1, 0.15) is 63.5 Å². The van der Waals surface area contributed by atoms with E-state index >= 15 is 0 Å². The first-order valence-corrected chi connectivity index (χ1v) is 15.0. The number of nitrogens with zero attached hydrogens (tertiary/aromatic N) is 5. The van der Waals surface area contributed by atoms with E-state index < -0.39 is 11.4 Å². The molecule has 2 saturated heterocycles. The second-order valence-electron chi connectivity index (χ2n) is 12.2. The molecule has 3 aliphatic rings. The minimum absolute atomic E-state index is 0.0457. The molecule has 4 heterocycles. The Balaban J connectivity index is 1.38. The number of fused-ring (bicyclic) bond motifs is 2. The van der Waals surface area contributed by atoms with E-state index in [0.717, 1.165) is 45.1 Å². The third-order valence-electron chi connectivity index (χ3n) is 8.83. The molecule has 43 heavy (non-hydrogen) atoms. The summed E-state index contributed by atoms with van der Waals surface area (Å²) < 4.78 is 29.3. The van der Waals surface area contributed by atoms with Gasteiger partial charge >= 0.3 is 12.0 Å². The number of halogens is 1. The third-order valence-corrected chi connectivity index (χ3v) is 8.83. The van der Waals surface area contributed by atoms with Crippen LogP contribution < -0.4 is 19.7 Å². The van der Waals surface area contributed by atoms with E-state index in [1.165, 1.54) is 18.2 Å². The van der Waals surface area contributed by atoms with Gasteiger partial charge in [0.25, 0.3) is 0 Å². The number of ether oxygens (including phenoxy) is 2. The van der Waals surface area contributed by atoms with Gasteiger partial charge in [0.15, 0.2) is 11.5 Å². The van der Waals surface area contributed by atoms with Gasteiger partial charge in [-0.3, -0.25) is 4.57 Å². The maximum atomic E-state index is 14.8. The van der Waals surface area contributed by atoms with Crippen LogP contribution in [0.2, 0.25) is 0 Å². The molecule has 224 valence electrons. The van der Waals surface area contributed by atoms with E-state index in [1.54, 1.807) is 6.07 Å². The van der Waals surface area contributed by atoms with Gasteiger partial charge in [-0.2, -0.15) is 15.0 Å². The van der Waals surface area contributed by atoms with Crippen molar-refractivity contribution in [2.75, 3.05) is 31.1 Å². The van der Waals surface area contributed by atoms with Crippen LogP contribution in [0.25, 0.3) is 21.9 Å². The lowest BCUT2D eigenvalue weighted by atomic mass is 9.92. The highest BCUT2D eigenvalue weighted by Crippen LogP contribution is 2.44. The summed E-state index contributed by atoms with van der Waals surface area (Å²) in [4.78, 5) is 16.5. The fourth-order valence-corrected chi connectivity index (χ4v) is 6.47. The van der Waals surface area contributed by atoms with Gasteiger partial charge in [-0.05, 0) is 75.9 Å². The summed E-state index contributed by atoms with van der Waals surface area (Å²) in [6, 6.07) is 6.54. The molecule has 1 saturated carbocycles. The number of terminal acetylenes is 1. The molecule has 3 fully saturated rings. The van der Waals surface area contributed by atoms with E-state index in [0.29, 0.717) is 53.9 Å². The first-order valence-electron chi connectivity index (χ1n) is 15.0. The summed E-state index contributed by atoms with van der Waals surface area (Å²) in [6.45, 7) is 4.35. The van der Waals surface area contributed by atoms with Gasteiger partial charge in [-0.15, -0.1) is 6.42 Å². The maximum absolute atomic E-state index is 14.8. The van der Waals surface area contributed by atoms with Gasteiger partial charge in [0.2, 0.25) is 0 Å². The van der Waals surface area contributed by atoms with Crippen molar-refractivity contribution >= 4 is 27.8 Å². The lowest BCUT2D eigenvalue weighted by molar-refractivity contribution is 0.0447. The van der Waals surface area contributed by atoms with Crippen molar-refractivity contribution in [1.82, 2.24) is 24.8 Å². The summed E-state index contributed by atoms with van der Waals surface area (Å²) >= 11 is 0. The molecular formula is C32H35FN6O4. The number of nitrogens with one attached hydrogen (secondary N) is 1. The molecule has 1 aliphatic carbocycles. The minimum Gasteiger partial charge on any atom is -0.508 e. The molecule has 4 aromatic rings. The van der Waals surface area contributed by atoms with E-state index in [2.05, 4.69) is 16.1 Å². The van der Waals surface area contributed by atoms with Gasteiger partial charge in [-0.1, -0.05) is 12.0 Å². The molecular weight excluding hydrogens is 551 g/mol. The summed E-state index contributed by atoms with van der Waals surface area (Å²) in [5.41, 5.74) is 0.267. The largest absolute Gasteiger partial charge is 0.508 e. The highest BCUT2D eigenvalue weighted by molar-refractivity contribution is 5.95. The number of hydrogen-bond donors (Lipinski definition) is 3. The number of aromatic hydroxyl groups is 1. The number of phenols is 1. The van der Waals surface area contributed by atoms with Crippen molar-refractivity contribution in [3.05, 3.63) is 35.6 Å². The summed E-state index contributed by atoms with van der Waals surface area (Å²) in [5, 5.41) is 25.9. The van der Waals surface area contributed by atoms with Crippen molar-refractivity contribution in [2.45, 2.75) is 69.6 Å². The zero-order valence-electron chi connectivity index (χ0n) is 24.1. The number of β-amino-alcohol motifs (C(OH)–C–C–N with tert-alkyl or cyclic N) is 1. The zero-order valence-corrected chi connectivity index (χ0v) is 24.1. The van der Waals surface area contributed by atoms with Crippen molar-refractivity contribution in [1.29, 1.82) is 0 Å². The molecule has 2 aromatic carbocycles. The van der Waals surface area contributed by atoms with E-state index in [-0.39, 0.29) is 41.2 Å². The molecule has 2 aromatic heterocycles. The Bertz CT molecular complexity index is 1740. The Labute approximate surface area is 248 Å². The Morgan fingerprint density at radius 1 is 1.16 bits per heavy atom. The molecule has 3 N–H and O–H groups in total. The number of hydrogen-bond acceptors (Lipinski definition) is 9. The molecule has 0 radical (unpaired) electrons. The second kappa shape index (κ2) is 10.8. The lowest BCUT2D eigenvalue weighted by Gasteiger charge is -2.38. The third kappa shape index (κ3) is 5.19. The second-order valence-corrected chi connectivity index (χ2v) is 12.2. The number of aliphatic hydroxyl groups is 1. The standard InChI is InChI=1S/C32H35FN6O4/c1-3-23-24(33)11-10-19-15-22(40)16-25(26(19)23)43-31-36-28-27(39(31)21-8-4-9-21)29(38-14-6-12-32(2,41)18-38)37-30(35-28)42-17-20-7-5-13-34-20/h1,10-11,15-16,20-21,34,40-41H,4-9,12-14,17-18H2,2H3/t20-,32+/m0/s1. The van der Waals surface area contributed by atoms with Gasteiger partial charge < -0.3 is 29.9 Å². The van der Waals surface area contributed by atoms with Gasteiger partial charge in [-0.25, -0.2) is 4.39 Å². The number of benzene rings is 2. The van der Waals surface area contributed by atoms with Crippen LogP contribution in [0.3, 0.4) is 0 Å². The summed E-state index contributed by atoms with van der Waals surface area (Å²) in [6.07, 6.45) is 12.2. The predicted octanol–water partition coefficient (Wildman–Crippen LogP) is 4.80. The number of imidazole rings is 1. The topological polar surface area (TPSA) is 118 Å². The molecule has 0 spiro atoms. The van der Waals surface area contributed by atoms with Crippen LogP contribution in [0.4, 0.5) is 10.2 Å². The summed E-state index contributed by atoms with van der Waals surface area (Å²) in [5.74, 6) is 2.66. The first-order chi connectivity index (χ1) is 20.8. The fourth-order valence-electron chi connectivity index (χ4n) is 6.47. The quantitative estimate of drug-likeness (QED) is 0.262. The molecule has 0 bridgehead atoms. The smallest absolute Gasteiger partial charge is 0.320 e. The average Bonchev–Trinajstić information content (AvgIpc) is 3.58. The fraction of sp³-hybridized carbons (Fsp3) is 0.469. The number of rotatable bonds is 7. The SMILES string of the molecule is C#Cc1c(F)ccc2cc(O)cc(Oc3nc4nc(OC[C@@H]5CCCN5)nc(N5CCC[C@@](C)(O)C5)c4n3C3CCC3)c12. The monoisotopic (exact) mass is 586 g/mol. The van der Waals surface area contributed by atoms with Gasteiger partial charge in [0.1, 0.15) is 29.4 Å². The van der Waals surface area contributed by atoms with Crippen LogP contribution in [0.5, 0.6) is 23.5 Å². The van der Waals surface area contributed by atoms with Gasteiger partial charge in [0.05, 0.1) is 11.2 Å². The normalized spacial score (nSPS) is 22.6. The Hall–Kier alpha value is -4.14. The highest BCUT2D eigenvalue weighted by Gasteiger charge is 2.35. The maximum Gasteiger partial charge on any atom is 0.320 e. The predicted molar refractivity (Wildman–Crippen MR) is 160 cm³/mol. The Morgan fingerprint density at radius 3 is 2.74 bits per heavy atom. The molecule has 10 nitrogen and oxygen atoms in total.